The monoisotopic (exact) mass is 513 g/mol. The van der Waals surface area contributed by atoms with Gasteiger partial charge in [-0.05, 0) is 61.0 Å². The van der Waals surface area contributed by atoms with E-state index in [1.807, 2.05) is 37.3 Å². The molecule has 0 spiro atoms. The molecule has 4 aromatic rings. The average Bonchev–Trinajstić information content (AvgIpc) is 2.89. The molecule has 1 amide bonds. The number of hydrogen-bond acceptors (Lipinski definition) is 7. The molecule has 3 aromatic carbocycles. The Morgan fingerprint density at radius 2 is 1.61 bits per heavy atom. The van der Waals surface area contributed by atoms with Crippen molar-refractivity contribution < 1.29 is 23.9 Å². The Kier molecular flexibility index (Phi) is 10.4. The largest absolute Gasteiger partial charge is 0.423 e. The smallest absolute Gasteiger partial charge is 0.373 e. The first-order valence-corrected chi connectivity index (χ1v) is 11.0. The number of nitrogens with two attached hydrogens (primary N) is 2. The zero-order valence-electron chi connectivity index (χ0n) is 19.8. The average molecular weight is 514 g/mol. The standard InChI is InChI=1S/C26H23N5O3.CO2.CH4/c1-16(17-5-3-2-4-6-17)29-24(32)23-13-9-19-15-21(12-14-22(19)31-23)34-25(33)18-7-10-20(11-8-18)30-26(27)28;2-1-3;/h2-16H,1H3,(H,29,32)(H4,27,28,30);;1H4/t16-;;/m0../s1. The third-order valence-electron chi connectivity index (χ3n) is 5.11. The molecule has 38 heavy (non-hydrogen) atoms. The molecule has 1 heterocycles. The van der Waals surface area contributed by atoms with Crippen LogP contribution in [-0.4, -0.2) is 29.0 Å². The summed E-state index contributed by atoms with van der Waals surface area (Å²) >= 11 is 0. The van der Waals surface area contributed by atoms with E-state index in [1.54, 1.807) is 54.6 Å². The third-order valence-corrected chi connectivity index (χ3v) is 5.11. The maximum absolute atomic E-state index is 12.7. The number of aromatic nitrogens is 1. The summed E-state index contributed by atoms with van der Waals surface area (Å²) in [5, 5.41) is 3.69. The maximum Gasteiger partial charge on any atom is 0.373 e. The van der Waals surface area contributed by atoms with Crippen molar-refractivity contribution in [1.82, 2.24) is 10.3 Å². The lowest BCUT2D eigenvalue weighted by Crippen LogP contribution is -2.27. The zero-order chi connectivity index (χ0) is 26.8. The Hall–Kier alpha value is -5.34. The normalized spacial score (nSPS) is 10.4. The second kappa shape index (κ2) is 13.7. The topological polar surface area (TPSA) is 167 Å². The van der Waals surface area contributed by atoms with E-state index in [-0.39, 0.29) is 31.5 Å². The van der Waals surface area contributed by atoms with Gasteiger partial charge in [-0.1, -0.05) is 43.8 Å². The van der Waals surface area contributed by atoms with Crippen molar-refractivity contribution in [3.8, 4) is 5.75 Å². The van der Waals surface area contributed by atoms with E-state index in [0.29, 0.717) is 28.2 Å². The molecule has 1 aromatic heterocycles. The highest BCUT2D eigenvalue weighted by atomic mass is 16.5. The van der Waals surface area contributed by atoms with Gasteiger partial charge in [0.05, 0.1) is 22.8 Å². The number of carbonyl (C=O) groups excluding carboxylic acids is 4. The number of guanidine groups is 1. The lowest BCUT2D eigenvalue weighted by Gasteiger charge is -2.14. The molecule has 0 saturated carbocycles. The summed E-state index contributed by atoms with van der Waals surface area (Å²) < 4.78 is 5.48. The van der Waals surface area contributed by atoms with Gasteiger partial charge in [0, 0.05) is 5.39 Å². The Morgan fingerprint density at radius 1 is 0.947 bits per heavy atom. The Morgan fingerprint density at radius 3 is 2.24 bits per heavy atom. The highest BCUT2D eigenvalue weighted by molar-refractivity contribution is 5.96. The van der Waals surface area contributed by atoms with Crippen LogP contribution in [0.15, 0.2) is 89.9 Å². The van der Waals surface area contributed by atoms with E-state index < -0.39 is 5.97 Å². The van der Waals surface area contributed by atoms with Gasteiger partial charge < -0.3 is 21.5 Å². The predicted octanol–water partition coefficient (Wildman–Crippen LogP) is 3.90. The van der Waals surface area contributed by atoms with E-state index in [0.717, 1.165) is 10.9 Å². The van der Waals surface area contributed by atoms with Crippen LogP contribution in [0, 0.1) is 0 Å². The van der Waals surface area contributed by atoms with Gasteiger partial charge in [0.2, 0.25) is 0 Å². The zero-order valence-corrected chi connectivity index (χ0v) is 19.8. The molecule has 0 aliphatic heterocycles. The van der Waals surface area contributed by atoms with Crippen molar-refractivity contribution in [2.75, 3.05) is 0 Å². The van der Waals surface area contributed by atoms with E-state index >= 15 is 0 Å². The number of amides is 1. The minimum atomic E-state index is -0.519. The minimum Gasteiger partial charge on any atom is -0.423 e. The molecular weight excluding hydrogens is 486 g/mol. The van der Waals surface area contributed by atoms with E-state index in [2.05, 4.69) is 15.3 Å². The lowest BCUT2D eigenvalue weighted by molar-refractivity contribution is -0.191. The van der Waals surface area contributed by atoms with Crippen LogP contribution in [0.5, 0.6) is 5.75 Å². The van der Waals surface area contributed by atoms with Gasteiger partial charge in [0.25, 0.3) is 5.91 Å². The Labute approximate surface area is 219 Å². The van der Waals surface area contributed by atoms with Gasteiger partial charge in [-0.2, -0.15) is 9.59 Å². The molecule has 10 nitrogen and oxygen atoms in total. The number of nitrogens with one attached hydrogen (secondary N) is 1. The lowest BCUT2D eigenvalue weighted by atomic mass is 10.1. The second-order valence-corrected chi connectivity index (χ2v) is 7.71. The van der Waals surface area contributed by atoms with Gasteiger partial charge >= 0.3 is 12.1 Å². The van der Waals surface area contributed by atoms with Crippen molar-refractivity contribution >= 4 is 40.6 Å². The van der Waals surface area contributed by atoms with Crippen molar-refractivity contribution in [3.05, 3.63) is 102 Å². The number of nitrogens with zero attached hydrogens (tertiary/aromatic N) is 2. The van der Waals surface area contributed by atoms with E-state index in [9.17, 15) is 9.59 Å². The molecule has 10 heteroatoms. The van der Waals surface area contributed by atoms with Gasteiger partial charge in [-0.3, -0.25) is 4.79 Å². The number of ether oxygens (including phenoxy) is 1. The summed E-state index contributed by atoms with van der Waals surface area (Å²) in [4.78, 5) is 49.7. The Bertz CT molecular complexity index is 1460. The number of aliphatic imine (C=N–C) groups is 1. The first-order valence-electron chi connectivity index (χ1n) is 11.0. The molecule has 0 bridgehead atoms. The molecule has 0 aliphatic carbocycles. The van der Waals surface area contributed by atoms with Gasteiger partial charge in [0.15, 0.2) is 5.96 Å². The van der Waals surface area contributed by atoms with Crippen LogP contribution in [-0.2, 0) is 9.59 Å². The van der Waals surface area contributed by atoms with Gasteiger partial charge in [0.1, 0.15) is 11.4 Å². The number of pyridine rings is 1. The van der Waals surface area contributed by atoms with Crippen LogP contribution in [0.3, 0.4) is 0 Å². The fourth-order valence-electron chi connectivity index (χ4n) is 3.38. The molecule has 4 rings (SSSR count). The molecule has 5 N–H and O–H groups in total. The van der Waals surface area contributed by atoms with Crippen molar-refractivity contribution in [1.29, 1.82) is 0 Å². The van der Waals surface area contributed by atoms with Crippen LogP contribution in [0.4, 0.5) is 5.69 Å². The summed E-state index contributed by atoms with van der Waals surface area (Å²) in [6.45, 7) is 1.92. The maximum atomic E-state index is 12.7. The second-order valence-electron chi connectivity index (χ2n) is 7.71. The van der Waals surface area contributed by atoms with Crippen LogP contribution >= 0.6 is 0 Å². The van der Waals surface area contributed by atoms with Crippen molar-refractivity contribution in [2.24, 2.45) is 16.5 Å². The fourth-order valence-corrected chi connectivity index (χ4v) is 3.38. The first kappa shape index (κ1) is 28.9. The molecule has 1 atom stereocenters. The van der Waals surface area contributed by atoms with E-state index in [1.165, 1.54) is 0 Å². The van der Waals surface area contributed by atoms with Crippen molar-refractivity contribution in [3.63, 3.8) is 0 Å². The fraction of sp³-hybridized carbons (Fsp3) is 0.107. The number of esters is 1. The molecule has 0 fully saturated rings. The number of fused-ring (bicyclic) bond motifs is 1. The van der Waals surface area contributed by atoms with E-state index in [4.69, 9.17) is 25.8 Å². The highest BCUT2D eigenvalue weighted by Gasteiger charge is 2.14. The number of hydrogen-bond donors (Lipinski definition) is 3. The third kappa shape index (κ3) is 7.84. The molecule has 0 radical (unpaired) electrons. The number of benzene rings is 3. The molecular formula is C28H27N5O5. The summed E-state index contributed by atoms with van der Waals surface area (Å²) in [6.07, 6.45) is 0.250. The minimum absolute atomic E-state index is 0. The van der Waals surface area contributed by atoms with Crippen molar-refractivity contribution in [2.45, 2.75) is 20.4 Å². The summed E-state index contributed by atoms with van der Waals surface area (Å²) in [5.74, 6) is -0.485. The first-order chi connectivity index (χ1) is 17.8. The van der Waals surface area contributed by atoms with Crippen LogP contribution < -0.4 is 21.5 Å². The molecule has 0 unspecified atom stereocenters. The quantitative estimate of drug-likeness (QED) is 0.151. The number of carbonyl (C=O) groups is 2. The molecule has 194 valence electrons. The van der Waals surface area contributed by atoms with Gasteiger partial charge in [-0.15, -0.1) is 0 Å². The predicted molar refractivity (Wildman–Crippen MR) is 143 cm³/mol. The molecule has 0 saturated heterocycles. The van der Waals surface area contributed by atoms with Crippen LogP contribution in [0.2, 0.25) is 0 Å². The summed E-state index contributed by atoms with van der Waals surface area (Å²) in [7, 11) is 0. The van der Waals surface area contributed by atoms with Crippen LogP contribution in [0.1, 0.15) is 46.8 Å². The Balaban J connectivity index is 0.00000121. The highest BCUT2D eigenvalue weighted by Crippen LogP contribution is 2.22. The van der Waals surface area contributed by atoms with Crippen LogP contribution in [0.25, 0.3) is 10.9 Å². The molecule has 0 aliphatic rings. The van der Waals surface area contributed by atoms with Gasteiger partial charge in [-0.25, -0.2) is 14.8 Å². The summed E-state index contributed by atoms with van der Waals surface area (Å²) in [5.41, 5.74) is 13.5. The SMILES string of the molecule is C.C[C@H](NC(=O)c1ccc2cc(OC(=O)c3ccc(N=C(N)N)cc3)ccc2n1)c1ccccc1.O=C=O. The summed E-state index contributed by atoms with van der Waals surface area (Å²) in [6, 6.07) is 24.4. The number of rotatable bonds is 6.